The number of benzene rings is 1. The second-order valence-electron chi connectivity index (χ2n) is 7.21. The molecule has 2 aliphatic heterocycles. The number of piperidine rings is 1. The third-order valence-electron chi connectivity index (χ3n) is 5.16. The molecule has 6 nitrogen and oxygen atoms in total. The third kappa shape index (κ3) is 4.07. The van der Waals surface area contributed by atoms with E-state index in [-0.39, 0.29) is 0 Å². The zero-order valence-corrected chi connectivity index (χ0v) is 15.5. The molecule has 0 spiro atoms. The van der Waals surface area contributed by atoms with Crippen molar-refractivity contribution in [2.24, 2.45) is 5.92 Å². The normalized spacial score (nSPS) is 21.5. The molecule has 1 amide bonds. The molecule has 3 heterocycles. The molecule has 7 heteroatoms. The molecule has 138 valence electrons. The molecular weight excluding hydrogens is 352 g/mol. The third-order valence-corrected chi connectivity index (χ3v) is 5.40. The maximum Gasteiger partial charge on any atom is 0.241 e. The Bertz CT molecular complexity index is 778. The second-order valence-corrected chi connectivity index (χ2v) is 7.65. The van der Waals surface area contributed by atoms with Crippen LogP contribution in [0.15, 0.2) is 28.8 Å². The Morgan fingerprint density at radius 1 is 1.27 bits per heavy atom. The Balaban J connectivity index is 1.36. The van der Waals surface area contributed by atoms with Crippen LogP contribution in [0.1, 0.15) is 31.6 Å². The first-order chi connectivity index (χ1) is 12.7. The molecule has 0 unspecified atom stereocenters. The lowest BCUT2D eigenvalue weighted by Gasteiger charge is -2.33. The second kappa shape index (κ2) is 7.76. The van der Waals surface area contributed by atoms with E-state index in [0.717, 1.165) is 44.6 Å². The molecule has 2 aromatic rings. The molecule has 0 radical (unpaired) electrons. The van der Waals surface area contributed by atoms with Crippen LogP contribution in [0.2, 0.25) is 5.02 Å². The van der Waals surface area contributed by atoms with Gasteiger partial charge in [-0.25, -0.2) is 0 Å². The van der Waals surface area contributed by atoms with E-state index in [9.17, 15) is 4.79 Å². The van der Waals surface area contributed by atoms with Crippen molar-refractivity contribution >= 4 is 17.5 Å². The highest BCUT2D eigenvalue weighted by Crippen LogP contribution is 2.23. The smallest absolute Gasteiger partial charge is 0.241 e. The minimum Gasteiger partial charge on any atom is -0.342 e. The van der Waals surface area contributed by atoms with E-state index >= 15 is 0 Å². The molecule has 2 aliphatic rings. The number of carbonyl (C=O) groups excluding carboxylic acids is 1. The van der Waals surface area contributed by atoms with Crippen molar-refractivity contribution < 1.29 is 9.32 Å². The van der Waals surface area contributed by atoms with Crippen LogP contribution in [0.25, 0.3) is 11.4 Å². The first kappa shape index (κ1) is 17.5. The molecule has 0 aliphatic carbocycles. The van der Waals surface area contributed by atoms with Crippen LogP contribution in [0.5, 0.6) is 0 Å². The molecule has 0 saturated carbocycles. The summed E-state index contributed by atoms with van der Waals surface area (Å²) in [6.07, 6.45) is 4.04. The van der Waals surface area contributed by atoms with Crippen molar-refractivity contribution in [2.75, 3.05) is 26.2 Å². The molecule has 4 rings (SSSR count). The summed E-state index contributed by atoms with van der Waals surface area (Å²) in [6.45, 7) is 4.45. The van der Waals surface area contributed by atoms with Gasteiger partial charge >= 0.3 is 0 Å². The Hall–Kier alpha value is -1.92. The van der Waals surface area contributed by atoms with Gasteiger partial charge in [0.05, 0.1) is 6.54 Å². The lowest BCUT2D eigenvalue weighted by atomic mass is 9.97. The highest BCUT2D eigenvalue weighted by Gasteiger charge is 2.27. The Morgan fingerprint density at radius 3 is 3.00 bits per heavy atom. The number of aromatic nitrogens is 2. The molecule has 26 heavy (non-hydrogen) atoms. The Labute approximate surface area is 158 Å². The predicted octanol–water partition coefficient (Wildman–Crippen LogP) is 3.22. The van der Waals surface area contributed by atoms with E-state index in [1.165, 1.54) is 6.42 Å². The van der Waals surface area contributed by atoms with E-state index in [1.807, 2.05) is 29.2 Å². The van der Waals surface area contributed by atoms with E-state index in [0.29, 0.717) is 41.5 Å². The molecule has 1 atom stereocenters. The summed E-state index contributed by atoms with van der Waals surface area (Å²) in [4.78, 5) is 20.7. The highest BCUT2D eigenvalue weighted by molar-refractivity contribution is 6.30. The standard InChI is InChI=1S/C19H23ClN4O2/c20-16-6-1-5-15(10-16)19-21-17(26-22-19)13-23-8-2-4-14(11-23)12-24-9-3-7-18(24)25/h1,5-6,10,14H,2-4,7-9,11-13H2/t14-/m1/s1. The maximum absolute atomic E-state index is 11.9. The summed E-state index contributed by atoms with van der Waals surface area (Å²) in [6, 6.07) is 7.46. The van der Waals surface area contributed by atoms with Crippen molar-refractivity contribution in [2.45, 2.75) is 32.2 Å². The predicted molar refractivity (Wildman–Crippen MR) is 98.6 cm³/mol. The molecule has 1 aromatic heterocycles. The van der Waals surface area contributed by atoms with Gasteiger partial charge in [-0.3, -0.25) is 9.69 Å². The van der Waals surface area contributed by atoms with E-state index in [2.05, 4.69) is 15.0 Å². The van der Waals surface area contributed by atoms with Crippen LogP contribution in [-0.2, 0) is 11.3 Å². The first-order valence-electron chi connectivity index (χ1n) is 9.26. The van der Waals surface area contributed by atoms with Crippen molar-refractivity contribution in [3.63, 3.8) is 0 Å². The van der Waals surface area contributed by atoms with Gasteiger partial charge in [-0.2, -0.15) is 4.98 Å². The van der Waals surface area contributed by atoms with Crippen LogP contribution in [-0.4, -0.2) is 52.0 Å². The lowest BCUT2D eigenvalue weighted by Crippen LogP contribution is -2.41. The molecule has 1 aromatic carbocycles. The number of amides is 1. The van der Waals surface area contributed by atoms with Crippen LogP contribution in [0, 0.1) is 5.92 Å². The highest BCUT2D eigenvalue weighted by atomic mass is 35.5. The van der Waals surface area contributed by atoms with Gasteiger partial charge in [0.2, 0.25) is 17.6 Å². The van der Waals surface area contributed by atoms with Crippen LogP contribution in [0.3, 0.4) is 0 Å². The van der Waals surface area contributed by atoms with E-state index < -0.39 is 0 Å². The number of likely N-dealkylation sites (tertiary alicyclic amines) is 2. The number of rotatable bonds is 5. The quantitative estimate of drug-likeness (QED) is 0.804. The maximum atomic E-state index is 11.9. The fraction of sp³-hybridized carbons (Fsp3) is 0.526. The van der Waals surface area contributed by atoms with Gasteiger partial charge in [-0.15, -0.1) is 0 Å². The number of carbonyl (C=O) groups is 1. The van der Waals surface area contributed by atoms with E-state index in [1.54, 1.807) is 0 Å². The summed E-state index contributed by atoms with van der Waals surface area (Å²) in [5.74, 6) is 2.03. The van der Waals surface area contributed by atoms with Gasteiger partial charge < -0.3 is 9.42 Å². The SMILES string of the molecule is O=C1CCCN1C[C@@H]1CCCN(Cc2nc(-c3cccc(Cl)c3)no2)C1. The van der Waals surface area contributed by atoms with Gasteiger partial charge in [-0.1, -0.05) is 28.9 Å². The summed E-state index contributed by atoms with van der Waals surface area (Å²) in [5, 5.41) is 4.74. The van der Waals surface area contributed by atoms with Gasteiger partial charge in [0.1, 0.15) is 0 Å². The average Bonchev–Trinajstić information content (AvgIpc) is 3.25. The number of hydrogen-bond acceptors (Lipinski definition) is 5. The first-order valence-corrected chi connectivity index (χ1v) is 9.64. The number of nitrogens with zero attached hydrogens (tertiary/aromatic N) is 4. The lowest BCUT2D eigenvalue weighted by molar-refractivity contribution is -0.128. The van der Waals surface area contributed by atoms with E-state index in [4.69, 9.17) is 16.1 Å². The van der Waals surface area contributed by atoms with Gasteiger partial charge in [0.15, 0.2) is 0 Å². The molecule has 0 bridgehead atoms. The summed E-state index contributed by atoms with van der Waals surface area (Å²) >= 11 is 6.03. The molecule has 2 saturated heterocycles. The van der Waals surface area contributed by atoms with Crippen LogP contribution < -0.4 is 0 Å². The average molecular weight is 375 g/mol. The number of hydrogen-bond donors (Lipinski definition) is 0. The topological polar surface area (TPSA) is 62.5 Å². The van der Waals surface area contributed by atoms with Gasteiger partial charge in [0, 0.05) is 36.6 Å². The minimum absolute atomic E-state index is 0.310. The molecule has 2 fully saturated rings. The Kier molecular flexibility index (Phi) is 5.22. The number of halogens is 1. The minimum atomic E-state index is 0.310. The fourth-order valence-electron chi connectivity index (χ4n) is 3.91. The Morgan fingerprint density at radius 2 is 2.19 bits per heavy atom. The zero-order valence-electron chi connectivity index (χ0n) is 14.7. The molecular formula is C19H23ClN4O2. The fourth-order valence-corrected chi connectivity index (χ4v) is 4.10. The van der Waals surface area contributed by atoms with Crippen molar-refractivity contribution in [1.29, 1.82) is 0 Å². The largest absolute Gasteiger partial charge is 0.342 e. The zero-order chi connectivity index (χ0) is 17.9. The van der Waals surface area contributed by atoms with Crippen LogP contribution in [0.4, 0.5) is 0 Å². The van der Waals surface area contributed by atoms with Crippen LogP contribution >= 0.6 is 11.6 Å². The van der Waals surface area contributed by atoms with Crippen molar-refractivity contribution in [3.8, 4) is 11.4 Å². The summed E-state index contributed by atoms with van der Waals surface area (Å²) in [5.41, 5.74) is 0.858. The summed E-state index contributed by atoms with van der Waals surface area (Å²) in [7, 11) is 0. The monoisotopic (exact) mass is 374 g/mol. The summed E-state index contributed by atoms with van der Waals surface area (Å²) < 4.78 is 5.44. The van der Waals surface area contributed by atoms with Gasteiger partial charge in [0.25, 0.3) is 0 Å². The van der Waals surface area contributed by atoms with Crippen molar-refractivity contribution in [1.82, 2.24) is 19.9 Å². The van der Waals surface area contributed by atoms with Gasteiger partial charge in [-0.05, 0) is 43.9 Å². The van der Waals surface area contributed by atoms with Crippen molar-refractivity contribution in [3.05, 3.63) is 35.2 Å². The molecule has 0 N–H and O–H groups in total.